The summed E-state index contributed by atoms with van der Waals surface area (Å²) in [4.78, 5) is 18.3. The Morgan fingerprint density at radius 2 is 2.04 bits per heavy atom. The van der Waals surface area contributed by atoms with E-state index < -0.39 is 0 Å². The van der Waals surface area contributed by atoms with Gasteiger partial charge in [-0.05, 0) is 52.6 Å². The molecule has 2 aromatic rings. The van der Waals surface area contributed by atoms with Crippen molar-refractivity contribution < 1.29 is 0 Å². The summed E-state index contributed by atoms with van der Waals surface area (Å²) in [6.07, 6.45) is 3.22. The molecular formula is C16H25N5OS. The predicted molar refractivity (Wildman–Crippen MR) is 92.1 cm³/mol. The maximum atomic E-state index is 12.6. The van der Waals surface area contributed by atoms with Crippen molar-refractivity contribution >= 4 is 11.3 Å². The molecule has 2 aromatic heterocycles. The van der Waals surface area contributed by atoms with E-state index >= 15 is 0 Å². The van der Waals surface area contributed by atoms with Crippen molar-refractivity contribution in [2.24, 2.45) is 5.92 Å². The summed E-state index contributed by atoms with van der Waals surface area (Å²) in [5, 5.41) is 8.96. The molecule has 0 saturated carbocycles. The Kier molecular flexibility index (Phi) is 4.96. The maximum Gasteiger partial charge on any atom is 0.346 e. The maximum absolute atomic E-state index is 12.6. The van der Waals surface area contributed by atoms with E-state index in [9.17, 15) is 4.79 Å². The minimum atomic E-state index is -0.0121. The summed E-state index contributed by atoms with van der Waals surface area (Å²) in [6, 6.07) is 0. The number of rotatable bonds is 5. The molecule has 0 aliphatic carbocycles. The van der Waals surface area contributed by atoms with Gasteiger partial charge in [0.05, 0.1) is 12.2 Å². The highest BCUT2D eigenvalue weighted by atomic mass is 32.1. The zero-order chi connectivity index (χ0) is 16.4. The van der Waals surface area contributed by atoms with Crippen molar-refractivity contribution in [3.63, 3.8) is 0 Å². The van der Waals surface area contributed by atoms with Gasteiger partial charge in [0, 0.05) is 17.8 Å². The third-order valence-electron chi connectivity index (χ3n) is 4.60. The van der Waals surface area contributed by atoms with Gasteiger partial charge < -0.3 is 5.32 Å². The van der Waals surface area contributed by atoms with Crippen LogP contribution in [0.2, 0.25) is 0 Å². The molecule has 1 aliphatic rings. The van der Waals surface area contributed by atoms with Crippen molar-refractivity contribution in [1.29, 1.82) is 0 Å². The van der Waals surface area contributed by atoms with Gasteiger partial charge in [0.15, 0.2) is 0 Å². The average Bonchev–Trinajstić information content (AvgIpc) is 3.00. The van der Waals surface area contributed by atoms with Crippen LogP contribution in [0.1, 0.15) is 41.2 Å². The lowest BCUT2D eigenvalue weighted by Crippen LogP contribution is -2.30. The standard InChI is InChI=1S/C16H25N5OS/c1-4-20-14(9-13-5-7-17-8-6-13)19-21(16(20)22)10-15-18-11(2)12(3)23-15/h13,17H,4-10H2,1-3H3. The zero-order valence-corrected chi connectivity index (χ0v) is 14.9. The number of nitrogens with one attached hydrogen (secondary N) is 1. The molecule has 1 N–H and O–H groups in total. The van der Waals surface area contributed by atoms with Gasteiger partial charge in [0.25, 0.3) is 0 Å². The lowest BCUT2D eigenvalue weighted by molar-refractivity contribution is 0.362. The topological polar surface area (TPSA) is 64.7 Å². The van der Waals surface area contributed by atoms with Gasteiger partial charge >= 0.3 is 5.69 Å². The molecule has 0 radical (unpaired) electrons. The van der Waals surface area contributed by atoms with Crippen LogP contribution in [0.15, 0.2) is 4.79 Å². The molecule has 0 unspecified atom stereocenters. The van der Waals surface area contributed by atoms with Crippen molar-refractivity contribution in [2.75, 3.05) is 13.1 Å². The number of aryl methyl sites for hydroxylation is 2. The predicted octanol–water partition coefficient (Wildman–Crippen LogP) is 1.73. The van der Waals surface area contributed by atoms with Crippen LogP contribution in [0.4, 0.5) is 0 Å². The van der Waals surface area contributed by atoms with Gasteiger partial charge in [-0.1, -0.05) is 0 Å². The molecule has 3 rings (SSSR count). The summed E-state index contributed by atoms with van der Waals surface area (Å²) in [5.74, 6) is 1.55. The number of hydrogen-bond donors (Lipinski definition) is 1. The SMILES string of the molecule is CCn1c(CC2CCNCC2)nn(Cc2nc(C)c(C)s2)c1=O. The fourth-order valence-corrected chi connectivity index (χ4v) is 4.05. The van der Waals surface area contributed by atoms with E-state index in [4.69, 9.17) is 0 Å². The molecule has 0 atom stereocenters. The Hall–Kier alpha value is -1.47. The lowest BCUT2D eigenvalue weighted by atomic mass is 9.94. The van der Waals surface area contributed by atoms with Crippen LogP contribution in [0.3, 0.4) is 0 Å². The summed E-state index contributed by atoms with van der Waals surface area (Å²) >= 11 is 1.65. The van der Waals surface area contributed by atoms with Gasteiger partial charge in [-0.2, -0.15) is 5.10 Å². The van der Waals surface area contributed by atoms with Gasteiger partial charge in [-0.25, -0.2) is 14.5 Å². The van der Waals surface area contributed by atoms with Crippen LogP contribution in [0, 0.1) is 19.8 Å². The van der Waals surface area contributed by atoms with E-state index in [1.54, 1.807) is 16.0 Å². The summed E-state index contributed by atoms with van der Waals surface area (Å²) in [7, 11) is 0. The van der Waals surface area contributed by atoms with Gasteiger partial charge in [-0.15, -0.1) is 11.3 Å². The Balaban J connectivity index is 1.82. The summed E-state index contributed by atoms with van der Waals surface area (Å²) in [5.41, 5.74) is 1.03. The fourth-order valence-electron chi connectivity index (χ4n) is 3.14. The molecule has 126 valence electrons. The smallest absolute Gasteiger partial charge is 0.317 e. The molecule has 1 saturated heterocycles. The molecule has 3 heterocycles. The average molecular weight is 335 g/mol. The number of piperidine rings is 1. The van der Waals surface area contributed by atoms with Crippen molar-refractivity contribution in [2.45, 2.75) is 53.1 Å². The van der Waals surface area contributed by atoms with Gasteiger partial charge in [0.2, 0.25) is 0 Å². The Bertz CT molecular complexity index is 704. The second-order valence-corrected chi connectivity index (χ2v) is 7.54. The third kappa shape index (κ3) is 3.55. The third-order valence-corrected chi connectivity index (χ3v) is 5.66. The normalized spacial score (nSPS) is 16.1. The van der Waals surface area contributed by atoms with Crippen molar-refractivity contribution in [3.8, 4) is 0 Å². The number of hydrogen-bond acceptors (Lipinski definition) is 5. The first-order valence-corrected chi connectivity index (χ1v) is 9.20. The summed E-state index contributed by atoms with van der Waals surface area (Å²) < 4.78 is 3.40. The monoisotopic (exact) mass is 335 g/mol. The molecule has 7 heteroatoms. The first kappa shape index (κ1) is 16.4. The molecule has 0 spiro atoms. The van der Waals surface area contributed by atoms with Crippen LogP contribution in [0.25, 0.3) is 0 Å². The largest absolute Gasteiger partial charge is 0.346 e. The molecule has 6 nitrogen and oxygen atoms in total. The molecule has 1 aliphatic heterocycles. The van der Waals surface area contributed by atoms with E-state index in [2.05, 4.69) is 22.3 Å². The molecule has 0 amide bonds. The molecule has 0 aromatic carbocycles. The van der Waals surface area contributed by atoms with E-state index in [-0.39, 0.29) is 5.69 Å². The van der Waals surface area contributed by atoms with Crippen LogP contribution >= 0.6 is 11.3 Å². The van der Waals surface area contributed by atoms with Gasteiger partial charge in [-0.3, -0.25) is 4.57 Å². The van der Waals surface area contributed by atoms with E-state index in [1.807, 2.05) is 18.4 Å². The number of thiazole rings is 1. The van der Waals surface area contributed by atoms with Crippen LogP contribution in [-0.4, -0.2) is 32.4 Å². The lowest BCUT2D eigenvalue weighted by Gasteiger charge is -2.21. The molecule has 1 fully saturated rings. The molecule has 23 heavy (non-hydrogen) atoms. The van der Waals surface area contributed by atoms with Crippen molar-refractivity contribution in [1.82, 2.24) is 24.6 Å². The van der Waals surface area contributed by atoms with Crippen LogP contribution < -0.4 is 11.0 Å². The minimum Gasteiger partial charge on any atom is -0.317 e. The first-order chi connectivity index (χ1) is 11.1. The number of aromatic nitrogens is 4. The fraction of sp³-hybridized carbons (Fsp3) is 0.688. The van der Waals surface area contributed by atoms with Crippen LogP contribution in [0.5, 0.6) is 0 Å². The highest BCUT2D eigenvalue weighted by Crippen LogP contribution is 2.18. The van der Waals surface area contributed by atoms with E-state index in [1.165, 1.54) is 4.88 Å². The molecule has 0 bridgehead atoms. The van der Waals surface area contributed by atoms with E-state index in [0.717, 1.165) is 48.9 Å². The zero-order valence-electron chi connectivity index (χ0n) is 14.1. The van der Waals surface area contributed by atoms with Gasteiger partial charge in [0.1, 0.15) is 10.8 Å². The number of nitrogens with zero attached hydrogens (tertiary/aromatic N) is 4. The molecular weight excluding hydrogens is 310 g/mol. The second kappa shape index (κ2) is 6.97. The van der Waals surface area contributed by atoms with Crippen molar-refractivity contribution in [3.05, 3.63) is 31.9 Å². The quantitative estimate of drug-likeness (QED) is 0.904. The Morgan fingerprint density at radius 1 is 1.30 bits per heavy atom. The minimum absolute atomic E-state index is 0.0121. The second-order valence-electron chi connectivity index (χ2n) is 6.25. The Labute approximate surface area is 140 Å². The Morgan fingerprint density at radius 3 is 2.65 bits per heavy atom. The highest BCUT2D eigenvalue weighted by Gasteiger charge is 2.19. The highest BCUT2D eigenvalue weighted by molar-refractivity contribution is 7.11. The van der Waals surface area contributed by atoms with E-state index in [0.29, 0.717) is 19.0 Å². The first-order valence-electron chi connectivity index (χ1n) is 8.38. The summed E-state index contributed by atoms with van der Waals surface area (Å²) in [6.45, 7) is 9.37. The van der Waals surface area contributed by atoms with Crippen LogP contribution in [-0.2, 0) is 19.5 Å².